The van der Waals surface area contributed by atoms with Crippen molar-refractivity contribution in [2.45, 2.75) is 64.6 Å². The zero-order valence-electron chi connectivity index (χ0n) is 16.7. The Hall–Kier alpha value is -1.80. The maximum absolute atomic E-state index is 4.57. The minimum Gasteiger partial charge on any atom is -0.317 e. The Labute approximate surface area is 161 Å². The van der Waals surface area contributed by atoms with Crippen LogP contribution in [0, 0.1) is 0 Å². The predicted molar refractivity (Wildman–Crippen MR) is 103 cm³/mol. The number of nitrogens with zero attached hydrogens (tertiary/aromatic N) is 8. The fourth-order valence-electron chi connectivity index (χ4n) is 4.41. The van der Waals surface area contributed by atoms with E-state index in [1.165, 1.54) is 38.2 Å². The van der Waals surface area contributed by atoms with Crippen molar-refractivity contribution in [3.05, 3.63) is 23.8 Å². The summed E-state index contributed by atoms with van der Waals surface area (Å²) in [5.74, 6) is 3.86. The molecule has 0 aliphatic carbocycles. The predicted octanol–water partition coefficient (Wildman–Crippen LogP) is 1.79. The molecular formula is C19H32N8. The van der Waals surface area contributed by atoms with Crippen molar-refractivity contribution >= 4 is 0 Å². The van der Waals surface area contributed by atoms with Crippen molar-refractivity contribution in [1.29, 1.82) is 0 Å². The number of likely N-dealkylation sites (tertiary alicyclic amines) is 2. The van der Waals surface area contributed by atoms with E-state index >= 15 is 0 Å². The van der Waals surface area contributed by atoms with Crippen LogP contribution in [0.3, 0.4) is 0 Å². The van der Waals surface area contributed by atoms with Gasteiger partial charge in [-0.25, -0.2) is 9.67 Å². The third kappa shape index (κ3) is 4.21. The molecule has 2 saturated heterocycles. The summed E-state index contributed by atoms with van der Waals surface area (Å²) in [5.41, 5.74) is 0. The quantitative estimate of drug-likeness (QED) is 0.770. The Balaban J connectivity index is 1.33. The summed E-state index contributed by atoms with van der Waals surface area (Å²) in [6.07, 6.45) is 7.93. The van der Waals surface area contributed by atoms with Crippen LogP contribution < -0.4 is 0 Å². The molecular weight excluding hydrogens is 340 g/mol. The monoisotopic (exact) mass is 372 g/mol. The summed E-state index contributed by atoms with van der Waals surface area (Å²) in [5, 5.41) is 13.4. The molecule has 27 heavy (non-hydrogen) atoms. The van der Waals surface area contributed by atoms with Gasteiger partial charge in [0.2, 0.25) is 0 Å². The molecule has 2 aliphatic heterocycles. The van der Waals surface area contributed by atoms with E-state index in [0.29, 0.717) is 5.92 Å². The van der Waals surface area contributed by atoms with Crippen LogP contribution in [0.15, 0.2) is 6.33 Å². The van der Waals surface area contributed by atoms with Crippen LogP contribution in [0.2, 0.25) is 0 Å². The van der Waals surface area contributed by atoms with Gasteiger partial charge >= 0.3 is 0 Å². The molecule has 0 radical (unpaired) electrons. The second-order valence-corrected chi connectivity index (χ2v) is 7.91. The minimum absolute atomic E-state index is 0.512. The number of aryl methyl sites for hydroxylation is 1. The largest absolute Gasteiger partial charge is 0.317 e. The molecule has 4 heterocycles. The second-order valence-electron chi connectivity index (χ2n) is 7.91. The zero-order chi connectivity index (χ0) is 18.6. The summed E-state index contributed by atoms with van der Waals surface area (Å²) < 4.78 is 4.24. The molecule has 0 bridgehead atoms. The number of hydrogen-bond acceptors (Lipinski definition) is 6. The lowest BCUT2D eigenvalue weighted by Gasteiger charge is -2.31. The zero-order valence-corrected chi connectivity index (χ0v) is 16.7. The molecule has 8 heteroatoms. The molecule has 0 N–H and O–H groups in total. The fourth-order valence-corrected chi connectivity index (χ4v) is 4.41. The lowest BCUT2D eigenvalue weighted by molar-refractivity contribution is 0.192. The SMILES string of the molecule is CCn1ncnc1CN1CCC(c2nnc(CN3CCCCC3)n2C)CC1. The van der Waals surface area contributed by atoms with E-state index in [-0.39, 0.29) is 0 Å². The molecule has 2 aromatic heterocycles. The lowest BCUT2D eigenvalue weighted by atomic mass is 9.96. The van der Waals surface area contributed by atoms with Gasteiger partial charge in [-0.15, -0.1) is 10.2 Å². The van der Waals surface area contributed by atoms with E-state index in [1.807, 2.05) is 4.68 Å². The molecule has 0 unspecified atom stereocenters. The first kappa shape index (κ1) is 18.6. The molecule has 2 aromatic rings. The first-order chi connectivity index (χ1) is 13.2. The van der Waals surface area contributed by atoms with Crippen molar-refractivity contribution < 1.29 is 0 Å². The molecule has 2 fully saturated rings. The molecule has 0 spiro atoms. The van der Waals surface area contributed by atoms with Gasteiger partial charge in [0.05, 0.1) is 13.1 Å². The van der Waals surface area contributed by atoms with Gasteiger partial charge < -0.3 is 4.57 Å². The number of piperidine rings is 2. The Kier molecular flexibility index (Phi) is 5.83. The number of hydrogen-bond donors (Lipinski definition) is 0. The van der Waals surface area contributed by atoms with E-state index in [4.69, 9.17) is 0 Å². The Morgan fingerprint density at radius 1 is 0.926 bits per heavy atom. The second kappa shape index (κ2) is 8.48. The first-order valence-corrected chi connectivity index (χ1v) is 10.4. The van der Waals surface area contributed by atoms with Crippen LogP contribution in [-0.4, -0.2) is 65.5 Å². The van der Waals surface area contributed by atoms with Gasteiger partial charge in [-0.05, 0) is 58.8 Å². The summed E-state index contributed by atoms with van der Waals surface area (Å²) in [6.45, 7) is 9.37. The summed E-state index contributed by atoms with van der Waals surface area (Å²) in [4.78, 5) is 9.41. The van der Waals surface area contributed by atoms with Crippen LogP contribution >= 0.6 is 0 Å². The van der Waals surface area contributed by atoms with Gasteiger partial charge in [0.25, 0.3) is 0 Å². The van der Waals surface area contributed by atoms with Gasteiger partial charge in [-0.2, -0.15) is 5.10 Å². The van der Waals surface area contributed by atoms with Crippen molar-refractivity contribution in [2.24, 2.45) is 7.05 Å². The Bertz CT molecular complexity index is 722. The van der Waals surface area contributed by atoms with Gasteiger partial charge in [0.15, 0.2) is 0 Å². The maximum atomic E-state index is 4.57. The number of aromatic nitrogens is 6. The third-order valence-corrected chi connectivity index (χ3v) is 6.13. The molecule has 8 nitrogen and oxygen atoms in total. The van der Waals surface area contributed by atoms with Gasteiger partial charge in [0, 0.05) is 19.5 Å². The van der Waals surface area contributed by atoms with Crippen LogP contribution in [-0.2, 0) is 26.7 Å². The average molecular weight is 373 g/mol. The van der Waals surface area contributed by atoms with Crippen molar-refractivity contribution in [1.82, 2.24) is 39.3 Å². The molecule has 4 rings (SSSR count). The van der Waals surface area contributed by atoms with E-state index in [2.05, 4.69) is 48.6 Å². The molecule has 2 aliphatic rings. The molecule has 0 amide bonds. The van der Waals surface area contributed by atoms with Crippen molar-refractivity contribution in [2.75, 3.05) is 26.2 Å². The maximum Gasteiger partial charge on any atom is 0.146 e. The highest BCUT2D eigenvalue weighted by Gasteiger charge is 2.26. The number of rotatable bonds is 6. The molecule has 148 valence electrons. The third-order valence-electron chi connectivity index (χ3n) is 6.13. The van der Waals surface area contributed by atoms with Gasteiger partial charge in [0.1, 0.15) is 23.8 Å². The topological polar surface area (TPSA) is 67.9 Å². The van der Waals surface area contributed by atoms with Crippen LogP contribution in [0.1, 0.15) is 62.4 Å². The smallest absolute Gasteiger partial charge is 0.146 e. The lowest BCUT2D eigenvalue weighted by Crippen LogP contribution is -2.34. The van der Waals surface area contributed by atoms with Crippen molar-refractivity contribution in [3.8, 4) is 0 Å². The van der Waals surface area contributed by atoms with E-state index in [9.17, 15) is 0 Å². The first-order valence-electron chi connectivity index (χ1n) is 10.4. The summed E-state index contributed by atoms with van der Waals surface area (Å²) >= 11 is 0. The Morgan fingerprint density at radius 2 is 1.63 bits per heavy atom. The highest BCUT2D eigenvalue weighted by atomic mass is 15.3. The van der Waals surface area contributed by atoms with Crippen LogP contribution in [0.25, 0.3) is 0 Å². The molecule has 0 aromatic carbocycles. The molecule has 0 saturated carbocycles. The normalized spacial score (nSPS) is 20.4. The van der Waals surface area contributed by atoms with Gasteiger partial charge in [-0.3, -0.25) is 9.80 Å². The summed E-state index contributed by atoms with van der Waals surface area (Å²) in [7, 11) is 2.14. The summed E-state index contributed by atoms with van der Waals surface area (Å²) in [6, 6.07) is 0. The standard InChI is InChI=1S/C19H32N8/c1-3-27-17(20-15-21-27)13-26-11-7-16(8-12-26)19-23-22-18(24(19)2)14-25-9-5-4-6-10-25/h15-16H,3-14H2,1-2H3. The van der Waals surface area contributed by atoms with Crippen LogP contribution in [0.5, 0.6) is 0 Å². The van der Waals surface area contributed by atoms with Crippen molar-refractivity contribution in [3.63, 3.8) is 0 Å². The van der Waals surface area contributed by atoms with E-state index in [1.54, 1.807) is 6.33 Å². The van der Waals surface area contributed by atoms with E-state index in [0.717, 1.165) is 57.2 Å². The Morgan fingerprint density at radius 3 is 2.37 bits per heavy atom. The molecule has 0 atom stereocenters. The average Bonchev–Trinajstić information content (AvgIpc) is 3.30. The minimum atomic E-state index is 0.512. The fraction of sp³-hybridized carbons (Fsp3) is 0.789. The highest BCUT2D eigenvalue weighted by molar-refractivity contribution is 5.04. The van der Waals surface area contributed by atoms with Gasteiger partial charge in [-0.1, -0.05) is 6.42 Å². The van der Waals surface area contributed by atoms with Crippen LogP contribution in [0.4, 0.5) is 0 Å². The highest BCUT2D eigenvalue weighted by Crippen LogP contribution is 2.27. The van der Waals surface area contributed by atoms with E-state index < -0.39 is 0 Å².